The third-order valence-corrected chi connectivity index (χ3v) is 6.38. The molecule has 33 heavy (non-hydrogen) atoms. The van der Waals surface area contributed by atoms with E-state index in [-0.39, 0.29) is 24.3 Å². The number of carbonyl (C=O) groups is 4. The van der Waals surface area contributed by atoms with Gasteiger partial charge in [-0.15, -0.1) is 0 Å². The lowest BCUT2D eigenvalue weighted by atomic mass is 9.91. The lowest BCUT2D eigenvalue weighted by Crippen LogP contribution is -2.51. The molecule has 3 aliphatic rings. The SMILES string of the molecule is CC(C)(C)OC(=O)C1C(=O)C2CN1CCC2N1CC[C@H](NC(=O)OCc2ccccc2)C1=O. The van der Waals surface area contributed by atoms with Gasteiger partial charge in [0.05, 0.1) is 5.92 Å². The minimum Gasteiger partial charge on any atom is -0.458 e. The molecule has 1 N–H and O–H groups in total. The van der Waals surface area contributed by atoms with Crippen LogP contribution in [0.3, 0.4) is 0 Å². The number of likely N-dealkylation sites (tertiary alicyclic amines) is 1. The highest BCUT2D eigenvalue weighted by Gasteiger charge is 2.54. The Kier molecular flexibility index (Phi) is 6.43. The van der Waals surface area contributed by atoms with Gasteiger partial charge in [-0.3, -0.25) is 14.5 Å². The van der Waals surface area contributed by atoms with Crippen molar-refractivity contribution in [3.63, 3.8) is 0 Å². The van der Waals surface area contributed by atoms with Gasteiger partial charge in [0, 0.05) is 25.7 Å². The van der Waals surface area contributed by atoms with Crippen molar-refractivity contribution >= 4 is 23.8 Å². The number of alkyl carbamates (subject to hydrolysis) is 1. The zero-order valence-corrected chi connectivity index (χ0v) is 19.3. The Balaban J connectivity index is 1.34. The van der Waals surface area contributed by atoms with E-state index in [0.717, 1.165) is 5.56 Å². The summed E-state index contributed by atoms with van der Waals surface area (Å²) in [5.74, 6) is -1.34. The highest BCUT2D eigenvalue weighted by molar-refractivity contribution is 6.06. The van der Waals surface area contributed by atoms with Crippen LogP contribution in [-0.4, -0.2) is 76.9 Å². The maximum absolute atomic E-state index is 13.1. The zero-order valence-electron chi connectivity index (χ0n) is 19.3. The van der Waals surface area contributed by atoms with Gasteiger partial charge in [0.15, 0.2) is 11.8 Å². The Morgan fingerprint density at radius 1 is 1.09 bits per heavy atom. The van der Waals surface area contributed by atoms with Crippen LogP contribution in [0.5, 0.6) is 0 Å². The van der Waals surface area contributed by atoms with E-state index in [2.05, 4.69) is 5.32 Å². The number of nitrogens with zero attached hydrogens (tertiary/aromatic N) is 2. The summed E-state index contributed by atoms with van der Waals surface area (Å²) in [6.45, 7) is 6.87. The first-order chi connectivity index (χ1) is 15.6. The van der Waals surface area contributed by atoms with Crippen molar-refractivity contribution in [2.24, 2.45) is 5.92 Å². The highest BCUT2D eigenvalue weighted by Crippen LogP contribution is 2.35. The predicted molar refractivity (Wildman–Crippen MR) is 118 cm³/mol. The molecule has 3 fully saturated rings. The van der Waals surface area contributed by atoms with E-state index in [1.807, 2.05) is 35.2 Å². The first kappa shape index (κ1) is 23.2. The molecule has 0 saturated carbocycles. The van der Waals surface area contributed by atoms with Crippen molar-refractivity contribution in [2.75, 3.05) is 19.6 Å². The molecule has 3 heterocycles. The number of esters is 1. The van der Waals surface area contributed by atoms with Crippen LogP contribution in [0.4, 0.5) is 4.79 Å². The monoisotopic (exact) mass is 457 g/mol. The normalized spacial score (nSPS) is 29.2. The first-order valence-electron chi connectivity index (χ1n) is 11.4. The summed E-state index contributed by atoms with van der Waals surface area (Å²) in [6.07, 6.45) is 0.415. The fraction of sp³-hybridized carbons (Fsp3) is 0.583. The first-order valence-corrected chi connectivity index (χ1v) is 11.4. The van der Waals surface area contributed by atoms with Crippen LogP contribution in [0.2, 0.25) is 0 Å². The lowest BCUT2D eigenvalue weighted by Gasteiger charge is -2.36. The van der Waals surface area contributed by atoms with Gasteiger partial charge in [-0.2, -0.15) is 0 Å². The third kappa shape index (κ3) is 5.03. The summed E-state index contributed by atoms with van der Waals surface area (Å²) in [5.41, 5.74) is 0.186. The molecule has 4 unspecified atom stereocenters. The Hall–Kier alpha value is -2.94. The van der Waals surface area contributed by atoms with Gasteiger partial charge in [-0.05, 0) is 39.2 Å². The van der Waals surface area contributed by atoms with Gasteiger partial charge in [-0.25, -0.2) is 9.59 Å². The second kappa shape index (κ2) is 9.13. The minimum absolute atomic E-state index is 0.123. The molecule has 0 radical (unpaired) electrons. The average molecular weight is 458 g/mol. The van der Waals surface area contributed by atoms with Crippen LogP contribution < -0.4 is 5.32 Å². The second-order valence-electron chi connectivity index (χ2n) is 9.87. The van der Waals surface area contributed by atoms with Crippen LogP contribution >= 0.6 is 0 Å². The largest absolute Gasteiger partial charge is 0.458 e. The number of hydrogen-bond donors (Lipinski definition) is 1. The average Bonchev–Trinajstić information content (AvgIpc) is 3.24. The molecular weight excluding hydrogens is 426 g/mol. The van der Waals surface area contributed by atoms with Crippen LogP contribution in [-0.2, 0) is 30.5 Å². The second-order valence-corrected chi connectivity index (χ2v) is 9.87. The van der Waals surface area contributed by atoms with Gasteiger partial charge in [-0.1, -0.05) is 30.3 Å². The molecule has 178 valence electrons. The van der Waals surface area contributed by atoms with Crippen molar-refractivity contribution < 1.29 is 28.7 Å². The molecule has 3 aliphatic heterocycles. The van der Waals surface area contributed by atoms with Crippen molar-refractivity contribution in [1.29, 1.82) is 0 Å². The molecule has 0 aromatic heterocycles. The van der Waals surface area contributed by atoms with Crippen molar-refractivity contribution in [2.45, 2.75) is 63.9 Å². The van der Waals surface area contributed by atoms with E-state index in [1.54, 1.807) is 25.7 Å². The summed E-state index contributed by atoms with van der Waals surface area (Å²) in [6, 6.07) is 7.45. The number of Topliss-reactive ketones (excluding diaryl/α,β-unsaturated/α-hetero) is 1. The van der Waals surface area contributed by atoms with Crippen molar-refractivity contribution in [1.82, 2.24) is 15.1 Å². The number of ketones is 1. The molecule has 2 bridgehead atoms. The number of benzene rings is 1. The molecule has 1 aromatic carbocycles. The van der Waals surface area contributed by atoms with Crippen LogP contribution in [0.1, 0.15) is 39.2 Å². The van der Waals surface area contributed by atoms with E-state index in [9.17, 15) is 19.2 Å². The molecule has 1 aromatic rings. The Labute approximate surface area is 193 Å². The fourth-order valence-corrected chi connectivity index (χ4v) is 4.93. The third-order valence-electron chi connectivity index (χ3n) is 6.38. The quantitative estimate of drug-likeness (QED) is 0.528. The lowest BCUT2D eigenvalue weighted by molar-refractivity contribution is -0.161. The number of rotatable bonds is 5. The molecule has 3 saturated heterocycles. The number of amides is 2. The minimum atomic E-state index is -0.904. The number of piperidine rings is 1. The van der Waals surface area contributed by atoms with Crippen LogP contribution in [0.15, 0.2) is 30.3 Å². The molecule has 0 aliphatic carbocycles. The van der Waals surface area contributed by atoms with E-state index >= 15 is 0 Å². The summed E-state index contributed by atoms with van der Waals surface area (Å²) in [7, 11) is 0. The van der Waals surface area contributed by atoms with Gasteiger partial charge < -0.3 is 19.7 Å². The van der Waals surface area contributed by atoms with E-state index in [4.69, 9.17) is 9.47 Å². The zero-order chi connectivity index (χ0) is 23.8. The molecule has 4 rings (SSSR count). The predicted octanol–water partition coefficient (Wildman–Crippen LogP) is 1.50. The topological polar surface area (TPSA) is 105 Å². The number of hydrogen-bond acceptors (Lipinski definition) is 7. The van der Waals surface area contributed by atoms with E-state index < -0.39 is 35.7 Å². The van der Waals surface area contributed by atoms with Gasteiger partial charge in [0.2, 0.25) is 5.91 Å². The highest BCUT2D eigenvalue weighted by atomic mass is 16.6. The molecular formula is C24H31N3O6. The summed E-state index contributed by atoms with van der Waals surface area (Å²) >= 11 is 0. The van der Waals surface area contributed by atoms with Crippen molar-refractivity contribution in [3.8, 4) is 0 Å². The number of ether oxygens (including phenoxy) is 2. The number of carbonyl (C=O) groups excluding carboxylic acids is 4. The number of fused-ring (bicyclic) bond motifs is 2. The maximum atomic E-state index is 13.1. The summed E-state index contributed by atoms with van der Waals surface area (Å²) in [4.78, 5) is 54.5. The Morgan fingerprint density at radius 2 is 1.82 bits per heavy atom. The molecule has 5 atom stereocenters. The Morgan fingerprint density at radius 3 is 2.52 bits per heavy atom. The van der Waals surface area contributed by atoms with Crippen molar-refractivity contribution in [3.05, 3.63) is 35.9 Å². The molecule has 2 amide bonds. The Bertz CT molecular complexity index is 928. The van der Waals surface area contributed by atoms with Gasteiger partial charge in [0.1, 0.15) is 18.2 Å². The smallest absolute Gasteiger partial charge is 0.408 e. The molecule has 9 heteroatoms. The van der Waals surface area contributed by atoms with Gasteiger partial charge in [0.25, 0.3) is 0 Å². The van der Waals surface area contributed by atoms with E-state index in [0.29, 0.717) is 32.5 Å². The fourth-order valence-electron chi connectivity index (χ4n) is 4.93. The standard InChI is InChI=1S/C24H31N3O6/c1-24(2,3)33-22(30)19-20(28)16-13-26(19)11-10-18(16)27-12-9-17(21(27)29)25-23(31)32-14-15-7-5-4-6-8-15/h4-8,16-19H,9-14H2,1-3H3,(H,25,31)/t16?,17-,18?,19?/m0/s1. The van der Waals surface area contributed by atoms with Gasteiger partial charge >= 0.3 is 12.1 Å². The van der Waals surface area contributed by atoms with E-state index in [1.165, 1.54) is 0 Å². The van der Waals surface area contributed by atoms with Crippen LogP contribution in [0, 0.1) is 5.92 Å². The number of nitrogens with one attached hydrogen (secondary N) is 1. The molecule has 0 spiro atoms. The molecule has 9 nitrogen and oxygen atoms in total. The summed E-state index contributed by atoms with van der Waals surface area (Å²) in [5, 5.41) is 2.65. The van der Waals surface area contributed by atoms with Crippen LogP contribution in [0.25, 0.3) is 0 Å². The summed E-state index contributed by atoms with van der Waals surface area (Å²) < 4.78 is 10.7. The maximum Gasteiger partial charge on any atom is 0.408 e.